The van der Waals surface area contributed by atoms with Crippen LogP contribution in [0.4, 0.5) is 5.82 Å². The van der Waals surface area contributed by atoms with E-state index in [1.165, 1.54) is 0 Å². The average Bonchev–Trinajstić information content (AvgIpc) is 2.67. The minimum atomic E-state index is 0.224. The van der Waals surface area contributed by atoms with Gasteiger partial charge in [-0.05, 0) is 13.0 Å². The third-order valence-corrected chi connectivity index (χ3v) is 2.42. The van der Waals surface area contributed by atoms with Crippen molar-refractivity contribution in [2.45, 2.75) is 13.0 Å². The number of anilines is 1. The first kappa shape index (κ1) is 7.49. The van der Waals surface area contributed by atoms with Crippen molar-refractivity contribution in [3.05, 3.63) is 30.5 Å². The van der Waals surface area contributed by atoms with Crippen molar-refractivity contribution >= 4 is 5.82 Å². The number of hydrogen-bond donors (Lipinski definition) is 1. The quantitative estimate of drug-likeness (QED) is 0.672. The summed E-state index contributed by atoms with van der Waals surface area (Å²) in [7, 11) is 0. The van der Waals surface area contributed by atoms with Crippen LogP contribution in [0.5, 0.6) is 0 Å². The molecule has 0 fully saturated rings. The lowest BCUT2D eigenvalue weighted by molar-refractivity contribution is 0.753. The first-order chi connectivity index (χ1) is 6.86. The fourth-order valence-corrected chi connectivity index (χ4v) is 1.73. The molecule has 1 aliphatic heterocycles. The Hall–Kier alpha value is -1.91. The maximum absolute atomic E-state index is 4.13. The SMILES string of the molecule is C[C@@H]1Nc2nnccc2-n2cncc21. The highest BCUT2D eigenvalue weighted by Crippen LogP contribution is 2.29. The van der Waals surface area contributed by atoms with E-state index in [4.69, 9.17) is 0 Å². The summed E-state index contributed by atoms with van der Waals surface area (Å²) in [4.78, 5) is 4.13. The molecule has 5 nitrogen and oxygen atoms in total. The number of hydrogen-bond acceptors (Lipinski definition) is 4. The molecule has 0 spiro atoms. The van der Waals surface area contributed by atoms with Crippen molar-refractivity contribution in [1.29, 1.82) is 0 Å². The van der Waals surface area contributed by atoms with Gasteiger partial charge in [0, 0.05) is 0 Å². The molecule has 1 N–H and O–H groups in total. The maximum atomic E-state index is 4.13. The van der Waals surface area contributed by atoms with Crippen LogP contribution in [-0.2, 0) is 0 Å². The largest absolute Gasteiger partial charge is 0.359 e. The van der Waals surface area contributed by atoms with Gasteiger partial charge in [0.25, 0.3) is 0 Å². The molecule has 0 aliphatic carbocycles. The molecule has 0 saturated heterocycles. The van der Waals surface area contributed by atoms with E-state index < -0.39 is 0 Å². The smallest absolute Gasteiger partial charge is 0.173 e. The topological polar surface area (TPSA) is 55.6 Å². The molecule has 1 aliphatic rings. The van der Waals surface area contributed by atoms with Crippen LogP contribution in [0.15, 0.2) is 24.8 Å². The second-order valence-electron chi connectivity index (χ2n) is 3.32. The van der Waals surface area contributed by atoms with Crippen LogP contribution < -0.4 is 5.32 Å². The standard InChI is InChI=1S/C9H9N5/c1-6-8-4-10-5-14(8)7-2-3-11-13-9(7)12-6/h2-6H,1H3,(H,12,13)/t6-/m0/s1. The molecule has 1 atom stereocenters. The molecular weight excluding hydrogens is 178 g/mol. The summed E-state index contributed by atoms with van der Waals surface area (Å²) >= 11 is 0. The van der Waals surface area contributed by atoms with E-state index in [1.807, 2.05) is 16.8 Å². The van der Waals surface area contributed by atoms with E-state index in [-0.39, 0.29) is 6.04 Å². The lowest BCUT2D eigenvalue weighted by Gasteiger charge is -2.23. The summed E-state index contributed by atoms with van der Waals surface area (Å²) < 4.78 is 2.03. The second-order valence-corrected chi connectivity index (χ2v) is 3.32. The molecule has 0 bridgehead atoms. The second kappa shape index (κ2) is 2.54. The molecule has 0 unspecified atom stereocenters. The zero-order chi connectivity index (χ0) is 9.54. The Kier molecular flexibility index (Phi) is 1.36. The van der Waals surface area contributed by atoms with E-state index in [0.717, 1.165) is 17.2 Å². The van der Waals surface area contributed by atoms with Gasteiger partial charge in [-0.15, -0.1) is 5.10 Å². The molecule has 5 heteroatoms. The van der Waals surface area contributed by atoms with Gasteiger partial charge in [-0.2, -0.15) is 5.10 Å². The first-order valence-corrected chi connectivity index (χ1v) is 4.47. The fourth-order valence-electron chi connectivity index (χ4n) is 1.73. The van der Waals surface area contributed by atoms with Gasteiger partial charge in [-0.25, -0.2) is 4.98 Å². The van der Waals surface area contributed by atoms with Crippen LogP contribution in [0, 0.1) is 0 Å². The number of imidazole rings is 1. The monoisotopic (exact) mass is 187 g/mol. The molecule has 70 valence electrons. The number of nitrogens with one attached hydrogen (secondary N) is 1. The van der Waals surface area contributed by atoms with Gasteiger partial charge in [-0.1, -0.05) is 0 Å². The normalized spacial score (nSPS) is 18.2. The zero-order valence-electron chi connectivity index (χ0n) is 7.68. The molecule has 3 rings (SSSR count). The summed E-state index contributed by atoms with van der Waals surface area (Å²) in [5.41, 5.74) is 2.15. The predicted molar refractivity (Wildman–Crippen MR) is 51.2 cm³/mol. The lowest BCUT2D eigenvalue weighted by Crippen LogP contribution is -2.19. The molecule has 14 heavy (non-hydrogen) atoms. The summed E-state index contributed by atoms with van der Waals surface area (Å²) in [5, 5.41) is 11.1. The van der Waals surface area contributed by atoms with E-state index in [0.29, 0.717) is 0 Å². The van der Waals surface area contributed by atoms with Gasteiger partial charge >= 0.3 is 0 Å². The van der Waals surface area contributed by atoms with E-state index in [1.54, 1.807) is 12.5 Å². The molecule has 0 saturated carbocycles. The number of nitrogens with zero attached hydrogens (tertiary/aromatic N) is 4. The highest BCUT2D eigenvalue weighted by Gasteiger charge is 2.21. The van der Waals surface area contributed by atoms with E-state index >= 15 is 0 Å². The van der Waals surface area contributed by atoms with Crippen molar-refractivity contribution in [2.75, 3.05) is 5.32 Å². The van der Waals surface area contributed by atoms with Crippen molar-refractivity contribution in [2.24, 2.45) is 0 Å². The molecule has 2 aromatic heterocycles. The van der Waals surface area contributed by atoms with Crippen LogP contribution in [0.25, 0.3) is 5.69 Å². The van der Waals surface area contributed by atoms with Crippen molar-refractivity contribution in [3.63, 3.8) is 0 Å². The summed E-state index contributed by atoms with van der Waals surface area (Å²) in [6, 6.07) is 2.15. The minimum absolute atomic E-state index is 0.224. The Balaban J connectivity index is 2.29. The van der Waals surface area contributed by atoms with E-state index in [9.17, 15) is 0 Å². The molecule has 2 aromatic rings. The van der Waals surface area contributed by atoms with Crippen LogP contribution in [-0.4, -0.2) is 19.7 Å². The molecule has 0 aromatic carbocycles. The number of rotatable bonds is 0. The van der Waals surface area contributed by atoms with Crippen molar-refractivity contribution in [3.8, 4) is 5.69 Å². The summed E-state index contributed by atoms with van der Waals surface area (Å²) in [5.74, 6) is 0.811. The van der Waals surface area contributed by atoms with Crippen molar-refractivity contribution < 1.29 is 0 Å². The Bertz CT molecular complexity index is 476. The van der Waals surface area contributed by atoms with Gasteiger partial charge in [0.2, 0.25) is 0 Å². The highest BCUT2D eigenvalue weighted by atomic mass is 15.2. The van der Waals surface area contributed by atoms with Gasteiger partial charge < -0.3 is 5.32 Å². The summed E-state index contributed by atoms with van der Waals surface area (Å²) in [6.07, 6.45) is 5.34. The van der Waals surface area contributed by atoms with Crippen LogP contribution >= 0.6 is 0 Å². The highest BCUT2D eigenvalue weighted by molar-refractivity contribution is 5.58. The van der Waals surface area contributed by atoms with E-state index in [2.05, 4.69) is 27.4 Å². The first-order valence-electron chi connectivity index (χ1n) is 4.47. The van der Waals surface area contributed by atoms with Gasteiger partial charge in [0.15, 0.2) is 5.82 Å². The Morgan fingerprint density at radius 3 is 3.36 bits per heavy atom. The number of fused-ring (bicyclic) bond motifs is 3. The van der Waals surface area contributed by atoms with Crippen LogP contribution in [0.2, 0.25) is 0 Å². The molecule has 0 amide bonds. The Labute approximate surface area is 80.8 Å². The molecular formula is C9H9N5. The third kappa shape index (κ3) is 0.863. The van der Waals surface area contributed by atoms with Crippen molar-refractivity contribution in [1.82, 2.24) is 19.7 Å². The third-order valence-electron chi connectivity index (χ3n) is 2.42. The zero-order valence-corrected chi connectivity index (χ0v) is 7.68. The van der Waals surface area contributed by atoms with Crippen LogP contribution in [0.1, 0.15) is 18.7 Å². The Morgan fingerprint density at radius 2 is 2.43 bits per heavy atom. The van der Waals surface area contributed by atoms with Gasteiger partial charge in [0.05, 0.1) is 36.1 Å². The fraction of sp³-hybridized carbons (Fsp3) is 0.222. The van der Waals surface area contributed by atoms with Crippen LogP contribution in [0.3, 0.4) is 0 Å². The maximum Gasteiger partial charge on any atom is 0.173 e. The molecule has 3 heterocycles. The number of aromatic nitrogens is 4. The van der Waals surface area contributed by atoms with Gasteiger partial charge in [-0.3, -0.25) is 4.57 Å². The van der Waals surface area contributed by atoms with Gasteiger partial charge in [0.1, 0.15) is 0 Å². The average molecular weight is 187 g/mol. The predicted octanol–water partition coefficient (Wildman–Crippen LogP) is 1.15. The Morgan fingerprint density at radius 1 is 1.50 bits per heavy atom. The molecule has 0 radical (unpaired) electrons. The lowest BCUT2D eigenvalue weighted by atomic mass is 10.2. The minimum Gasteiger partial charge on any atom is -0.359 e. The summed E-state index contributed by atoms with van der Waals surface area (Å²) in [6.45, 7) is 2.07.